The Kier molecular flexibility index (Phi) is 4.05. The molecule has 0 saturated carbocycles. The summed E-state index contributed by atoms with van der Waals surface area (Å²) in [6.45, 7) is 4.33. The first-order valence-corrected chi connectivity index (χ1v) is 3.22. The van der Waals surface area contributed by atoms with Gasteiger partial charge in [-0.3, -0.25) is 0 Å². The van der Waals surface area contributed by atoms with Gasteiger partial charge in [-0.15, -0.1) is 0 Å². The topological polar surface area (TPSA) is 32.3 Å². The van der Waals surface area contributed by atoms with Gasteiger partial charge in [0.15, 0.2) is 0 Å². The van der Waals surface area contributed by atoms with Crippen LogP contribution in [0.3, 0.4) is 0 Å². The molecule has 0 spiro atoms. The van der Waals surface area contributed by atoms with Crippen molar-refractivity contribution in [3.63, 3.8) is 0 Å². The second-order valence-corrected chi connectivity index (χ2v) is 2.12. The van der Waals surface area contributed by atoms with E-state index in [0.717, 1.165) is 6.54 Å². The van der Waals surface area contributed by atoms with Crippen LogP contribution in [0.5, 0.6) is 0 Å². The fourth-order valence-electron chi connectivity index (χ4n) is 0.415. The van der Waals surface area contributed by atoms with Crippen molar-refractivity contribution in [2.24, 2.45) is 0 Å². The van der Waals surface area contributed by atoms with E-state index in [0.29, 0.717) is 4.99 Å². The Balaban J connectivity index is 3.63. The van der Waals surface area contributed by atoms with Crippen molar-refractivity contribution in [3.05, 3.63) is 11.8 Å². The quantitative estimate of drug-likeness (QED) is 0.350. The van der Waals surface area contributed by atoms with E-state index >= 15 is 0 Å². The maximum atomic E-state index is 8.68. The summed E-state index contributed by atoms with van der Waals surface area (Å²) in [5.74, 6) is 0.237. The summed E-state index contributed by atoms with van der Waals surface area (Å²) in [4.78, 5) is 0.581. The van der Waals surface area contributed by atoms with Crippen molar-refractivity contribution in [1.82, 2.24) is 5.32 Å². The van der Waals surface area contributed by atoms with Crippen molar-refractivity contribution < 1.29 is 5.11 Å². The van der Waals surface area contributed by atoms with Gasteiger partial charge in [0.1, 0.15) is 4.99 Å². The fourth-order valence-corrected chi connectivity index (χ4v) is 0.730. The first kappa shape index (κ1) is 8.43. The highest BCUT2D eigenvalue weighted by Gasteiger charge is 1.86. The van der Waals surface area contributed by atoms with E-state index in [1.54, 1.807) is 6.92 Å². The Bertz CT molecular complexity index is 127. The number of rotatable bonds is 2. The lowest BCUT2D eigenvalue weighted by molar-refractivity contribution is 0.415. The Morgan fingerprint density at radius 3 is 2.67 bits per heavy atom. The molecule has 0 fully saturated rings. The normalized spacial score (nSPS) is 11.1. The summed E-state index contributed by atoms with van der Waals surface area (Å²) in [5, 5.41) is 11.6. The van der Waals surface area contributed by atoms with Crippen LogP contribution in [0.25, 0.3) is 0 Å². The summed E-state index contributed by atoms with van der Waals surface area (Å²) in [7, 11) is 0. The highest BCUT2D eigenvalue weighted by atomic mass is 32.1. The van der Waals surface area contributed by atoms with Crippen LogP contribution in [0.1, 0.15) is 13.8 Å². The highest BCUT2D eigenvalue weighted by molar-refractivity contribution is 7.80. The van der Waals surface area contributed by atoms with Crippen LogP contribution in [0, 0.1) is 0 Å². The molecule has 2 N–H and O–H groups in total. The minimum atomic E-state index is 0.237. The van der Waals surface area contributed by atoms with Crippen LogP contribution in [0.15, 0.2) is 11.8 Å². The van der Waals surface area contributed by atoms with Gasteiger partial charge in [0.25, 0.3) is 0 Å². The minimum Gasteiger partial charge on any atom is -0.513 e. The van der Waals surface area contributed by atoms with Gasteiger partial charge in [0.2, 0.25) is 0 Å². The molecule has 0 saturated heterocycles. The third-order valence-corrected chi connectivity index (χ3v) is 0.953. The van der Waals surface area contributed by atoms with Gasteiger partial charge in [-0.05, 0) is 13.8 Å². The monoisotopic (exact) mass is 145 g/mol. The van der Waals surface area contributed by atoms with Crippen LogP contribution in [-0.4, -0.2) is 16.6 Å². The molecule has 0 bridgehead atoms. The van der Waals surface area contributed by atoms with E-state index in [2.05, 4.69) is 5.32 Å². The van der Waals surface area contributed by atoms with Gasteiger partial charge >= 0.3 is 0 Å². The molecular weight excluding hydrogens is 134 g/mol. The molecule has 0 aromatic carbocycles. The third kappa shape index (κ3) is 5.30. The van der Waals surface area contributed by atoms with Crippen LogP contribution >= 0.6 is 12.2 Å². The largest absolute Gasteiger partial charge is 0.513 e. The Morgan fingerprint density at radius 1 is 1.78 bits per heavy atom. The van der Waals surface area contributed by atoms with Gasteiger partial charge < -0.3 is 10.4 Å². The average Bonchev–Trinajstić information content (AvgIpc) is 1.63. The summed E-state index contributed by atoms with van der Waals surface area (Å²) in [6, 6.07) is 0. The fraction of sp³-hybridized carbons (Fsp3) is 0.500. The van der Waals surface area contributed by atoms with Gasteiger partial charge in [0.05, 0.1) is 5.76 Å². The molecule has 0 aromatic heterocycles. The summed E-state index contributed by atoms with van der Waals surface area (Å²) < 4.78 is 0. The third-order valence-electron chi connectivity index (χ3n) is 0.691. The molecule has 0 aliphatic carbocycles. The first-order valence-electron chi connectivity index (χ1n) is 2.82. The number of aliphatic hydroxyl groups excluding tert-OH is 1. The molecule has 52 valence electrons. The van der Waals surface area contributed by atoms with E-state index in [1.807, 2.05) is 6.92 Å². The van der Waals surface area contributed by atoms with Gasteiger partial charge in [-0.2, -0.15) is 0 Å². The summed E-state index contributed by atoms with van der Waals surface area (Å²) in [5.41, 5.74) is 0. The Hall–Kier alpha value is -0.570. The van der Waals surface area contributed by atoms with Crippen LogP contribution in [0.4, 0.5) is 0 Å². The van der Waals surface area contributed by atoms with Gasteiger partial charge in [0, 0.05) is 12.6 Å². The molecule has 0 rings (SSSR count). The lowest BCUT2D eigenvalue weighted by Crippen LogP contribution is -2.18. The number of nitrogens with one attached hydrogen (secondary N) is 1. The second kappa shape index (κ2) is 4.32. The first-order chi connectivity index (χ1) is 4.16. The van der Waals surface area contributed by atoms with E-state index in [9.17, 15) is 0 Å². The number of hydrogen-bond donors (Lipinski definition) is 2. The van der Waals surface area contributed by atoms with E-state index in [-0.39, 0.29) is 5.76 Å². The van der Waals surface area contributed by atoms with Crippen molar-refractivity contribution in [2.75, 3.05) is 6.54 Å². The number of likely N-dealkylation sites (N-methyl/N-ethyl adjacent to an activating group) is 1. The molecule has 0 aliphatic heterocycles. The molecular formula is C6H11NOS. The molecule has 0 aromatic rings. The summed E-state index contributed by atoms with van der Waals surface area (Å²) in [6.07, 6.45) is 1.51. The van der Waals surface area contributed by atoms with Crippen LogP contribution in [0.2, 0.25) is 0 Å². The highest BCUT2D eigenvalue weighted by Crippen LogP contribution is 1.84. The number of thiocarbonyl (C=S) groups is 1. The zero-order valence-corrected chi connectivity index (χ0v) is 6.46. The van der Waals surface area contributed by atoms with Crippen molar-refractivity contribution in [1.29, 1.82) is 0 Å². The van der Waals surface area contributed by atoms with Crippen LogP contribution in [-0.2, 0) is 0 Å². The SMILES string of the molecule is CCNC(=S)/C=C(/C)O. The lowest BCUT2D eigenvalue weighted by atomic mass is 10.5. The Morgan fingerprint density at radius 2 is 2.33 bits per heavy atom. The standard InChI is InChI=1S/C6H11NOS/c1-3-7-6(9)4-5(2)8/h4,8H,3H2,1-2H3,(H,7,9)/b5-4-. The zero-order valence-electron chi connectivity index (χ0n) is 5.64. The molecule has 3 heteroatoms. The maximum absolute atomic E-state index is 8.68. The molecule has 9 heavy (non-hydrogen) atoms. The predicted octanol–water partition coefficient (Wildman–Crippen LogP) is 1.39. The molecule has 0 radical (unpaired) electrons. The van der Waals surface area contributed by atoms with Crippen molar-refractivity contribution >= 4 is 17.2 Å². The minimum absolute atomic E-state index is 0.237. The van der Waals surface area contributed by atoms with E-state index < -0.39 is 0 Å². The average molecular weight is 145 g/mol. The van der Waals surface area contributed by atoms with Gasteiger partial charge in [-0.25, -0.2) is 0 Å². The van der Waals surface area contributed by atoms with Crippen molar-refractivity contribution in [3.8, 4) is 0 Å². The molecule has 0 aliphatic rings. The predicted molar refractivity (Wildman–Crippen MR) is 42.7 cm³/mol. The van der Waals surface area contributed by atoms with Crippen molar-refractivity contribution in [2.45, 2.75) is 13.8 Å². The molecule has 0 unspecified atom stereocenters. The second-order valence-electron chi connectivity index (χ2n) is 1.68. The number of aliphatic hydroxyl groups is 1. The van der Waals surface area contributed by atoms with E-state index in [1.165, 1.54) is 6.08 Å². The molecule has 0 heterocycles. The number of hydrogen-bond acceptors (Lipinski definition) is 2. The molecule has 0 atom stereocenters. The van der Waals surface area contributed by atoms with Crippen LogP contribution < -0.4 is 5.32 Å². The smallest absolute Gasteiger partial charge is 0.102 e. The van der Waals surface area contributed by atoms with E-state index in [4.69, 9.17) is 17.3 Å². The van der Waals surface area contributed by atoms with Gasteiger partial charge in [-0.1, -0.05) is 12.2 Å². The zero-order chi connectivity index (χ0) is 7.28. The lowest BCUT2D eigenvalue weighted by Gasteiger charge is -1.97. The Labute approximate surface area is 60.6 Å². The molecule has 2 nitrogen and oxygen atoms in total. The maximum Gasteiger partial charge on any atom is 0.102 e. The molecule has 0 amide bonds. The number of allylic oxidation sites excluding steroid dienone is 1. The summed E-state index contributed by atoms with van der Waals surface area (Å²) >= 11 is 4.78.